The molecule has 1 nitrogen and oxygen atoms in total. The van der Waals surface area contributed by atoms with Crippen molar-refractivity contribution in [3.05, 3.63) is 35.9 Å². The summed E-state index contributed by atoms with van der Waals surface area (Å²) >= 11 is 5.73. The zero-order valence-electron chi connectivity index (χ0n) is 16.6. The Bertz CT molecular complexity index is 460. The number of thiocarbonyl (C=S) groups is 1. The molecule has 0 aromatic heterocycles. The van der Waals surface area contributed by atoms with Crippen LogP contribution in [-0.4, -0.2) is 19.6 Å². The normalized spacial score (nSPS) is 12.2. The van der Waals surface area contributed by atoms with Crippen molar-refractivity contribution >= 4 is 25.3 Å². The Balaban J connectivity index is 2.41. The number of rotatable bonds is 10. The van der Waals surface area contributed by atoms with E-state index in [0.29, 0.717) is 0 Å². The third-order valence-corrected chi connectivity index (χ3v) is 13.7. The zero-order valence-corrected chi connectivity index (χ0v) is 18.4. The largest absolute Gasteiger partial charge is 0.380 e. The fourth-order valence-corrected chi connectivity index (χ4v) is 11.0. The SMILES string of the molecule is CC(C)[Si](CC(=S)NCCCCc1ccccc1)(C(C)C)C(C)C. The highest BCUT2D eigenvalue weighted by molar-refractivity contribution is 7.80. The van der Waals surface area contributed by atoms with E-state index in [-0.39, 0.29) is 0 Å². The molecule has 1 aromatic rings. The van der Waals surface area contributed by atoms with Crippen LogP contribution in [0.5, 0.6) is 0 Å². The maximum atomic E-state index is 5.73. The number of benzene rings is 1. The predicted molar refractivity (Wildman–Crippen MR) is 116 cm³/mol. The molecule has 1 aromatic carbocycles. The van der Waals surface area contributed by atoms with Gasteiger partial charge in [0, 0.05) is 6.54 Å². The van der Waals surface area contributed by atoms with Crippen molar-refractivity contribution in [2.45, 2.75) is 83.5 Å². The van der Waals surface area contributed by atoms with Gasteiger partial charge in [0.15, 0.2) is 0 Å². The van der Waals surface area contributed by atoms with Crippen molar-refractivity contribution in [2.75, 3.05) is 6.54 Å². The number of nitrogens with one attached hydrogen (secondary N) is 1. The fraction of sp³-hybridized carbons (Fsp3) is 0.667. The highest BCUT2D eigenvalue weighted by atomic mass is 32.1. The average molecular weight is 364 g/mol. The molecule has 24 heavy (non-hydrogen) atoms. The van der Waals surface area contributed by atoms with Crippen LogP contribution in [0.2, 0.25) is 22.7 Å². The first-order valence-corrected chi connectivity index (χ1v) is 12.5. The van der Waals surface area contributed by atoms with Crippen LogP contribution in [0.3, 0.4) is 0 Å². The van der Waals surface area contributed by atoms with E-state index in [1.165, 1.54) is 18.4 Å². The summed E-state index contributed by atoms with van der Waals surface area (Å²) in [7, 11) is -1.42. The molecule has 0 amide bonds. The number of hydrogen-bond acceptors (Lipinski definition) is 1. The minimum Gasteiger partial charge on any atom is -0.380 e. The summed E-state index contributed by atoms with van der Waals surface area (Å²) in [4.78, 5) is 1.11. The van der Waals surface area contributed by atoms with Crippen LogP contribution < -0.4 is 5.32 Å². The van der Waals surface area contributed by atoms with Crippen LogP contribution in [0.4, 0.5) is 0 Å². The fourth-order valence-electron chi connectivity index (χ4n) is 4.28. The molecule has 0 aliphatic rings. The smallest absolute Gasteiger partial charge is 0.0726 e. The number of hydrogen-bond donors (Lipinski definition) is 1. The van der Waals surface area contributed by atoms with Gasteiger partial charge in [-0.15, -0.1) is 0 Å². The van der Waals surface area contributed by atoms with Crippen molar-refractivity contribution in [1.82, 2.24) is 5.32 Å². The molecule has 0 saturated carbocycles. The average Bonchev–Trinajstić information content (AvgIpc) is 2.52. The Kier molecular flexibility index (Phi) is 9.21. The first-order chi connectivity index (χ1) is 11.3. The van der Waals surface area contributed by atoms with Gasteiger partial charge < -0.3 is 5.32 Å². The molecule has 0 fully saturated rings. The quantitative estimate of drug-likeness (QED) is 0.285. The van der Waals surface area contributed by atoms with Gasteiger partial charge in [0.2, 0.25) is 0 Å². The topological polar surface area (TPSA) is 12.0 Å². The Morgan fingerprint density at radius 2 is 1.46 bits per heavy atom. The second-order valence-corrected chi connectivity index (χ2v) is 14.6. The summed E-state index contributed by atoms with van der Waals surface area (Å²) in [5.74, 6) is 0. The van der Waals surface area contributed by atoms with E-state index >= 15 is 0 Å². The summed E-state index contributed by atoms with van der Waals surface area (Å²) in [6.45, 7) is 15.5. The second kappa shape index (κ2) is 10.3. The highest BCUT2D eigenvalue weighted by Gasteiger charge is 2.42. The Morgan fingerprint density at radius 3 is 1.96 bits per heavy atom. The molecular weight excluding hydrogens is 326 g/mol. The van der Waals surface area contributed by atoms with Gasteiger partial charge in [-0.2, -0.15) is 0 Å². The van der Waals surface area contributed by atoms with Gasteiger partial charge in [-0.25, -0.2) is 0 Å². The molecule has 0 aliphatic heterocycles. The Hall–Kier alpha value is -0.673. The lowest BCUT2D eigenvalue weighted by Crippen LogP contribution is -2.47. The minimum atomic E-state index is -1.42. The van der Waals surface area contributed by atoms with Crippen molar-refractivity contribution in [1.29, 1.82) is 0 Å². The highest BCUT2D eigenvalue weighted by Crippen LogP contribution is 2.44. The van der Waals surface area contributed by atoms with Crippen molar-refractivity contribution in [3.63, 3.8) is 0 Å². The van der Waals surface area contributed by atoms with Gasteiger partial charge in [0.1, 0.15) is 0 Å². The number of unbranched alkanes of at least 4 members (excludes halogenated alkanes) is 1. The van der Waals surface area contributed by atoms with E-state index in [9.17, 15) is 0 Å². The van der Waals surface area contributed by atoms with Gasteiger partial charge in [-0.05, 0) is 30.9 Å². The van der Waals surface area contributed by atoms with Crippen LogP contribution in [0.25, 0.3) is 0 Å². The van der Waals surface area contributed by atoms with E-state index in [4.69, 9.17) is 12.2 Å². The van der Waals surface area contributed by atoms with Gasteiger partial charge in [-0.1, -0.05) is 101 Å². The van der Waals surface area contributed by atoms with Gasteiger partial charge in [-0.3, -0.25) is 0 Å². The van der Waals surface area contributed by atoms with Gasteiger partial charge >= 0.3 is 0 Å². The van der Waals surface area contributed by atoms with Crippen molar-refractivity contribution in [3.8, 4) is 0 Å². The predicted octanol–water partition coefficient (Wildman–Crippen LogP) is 6.61. The molecule has 3 heteroatoms. The van der Waals surface area contributed by atoms with E-state index in [1.807, 2.05) is 0 Å². The molecule has 0 saturated heterocycles. The molecule has 0 aliphatic carbocycles. The molecule has 0 radical (unpaired) electrons. The number of aryl methyl sites for hydroxylation is 1. The van der Waals surface area contributed by atoms with E-state index in [0.717, 1.165) is 40.6 Å². The van der Waals surface area contributed by atoms with Crippen molar-refractivity contribution in [2.24, 2.45) is 0 Å². The van der Waals surface area contributed by atoms with Crippen LogP contribution in [0, 0.1) is 0 Å². The zero-order chi connectivity index (χ0) is 18.2. The maximum Gasteiger partial charge on any atom is 0.0726 e. The summed E-state index contributed by atoms with van der Waals surface area (Å²) in [5.41, 5.74) is 3.76. The molecule has 0 atom stereocenters. The summed E-state index contributed by atoms with van der Waals surface area (Å²) < 4.78 is 0. The van der Waals surface area contributed by atoms with Crippen LogP contribution in [-0.2, 0) is 6.42 Å². The Morgan fingerprint density at radius 1 is 0.917 bits per heavy atom. The van der Waals surface area contributed by atoms with Crippen LogP contribution in [0.15, 0.2) is 30.3 Å². The molecule has 1 N–H and O–H groups in total. The monoisotopic (exact) mass is 363 g/mol. The first-order valence-electron chi connectivity index (χ1n) is 9.61. The lowest BCUT2D eigenvalue weighted by molar-refractivity contribution is 0.709. The molecule has 0 unspecified atom stereocenters. The van der Waals surface area contributed by atoms with E-state index in [1.54, 1.807) is 0 Å². The Labute approximate surface area is 156 Å². The molecule has 1 rings (SSSR count). The molecule has 0 heterocycles. The summed E-state index contributed by atoms with van der Waals surface area (Å²) in [6.07, 6.45) is 3.58. The molecule has 0 spiro atoms. The lowest BCUT2D eigenvalue weighted by Gasteiger charge is -2.43. The van der Waals surface area contributed by atoms with E-state index < -0.39 is 8.07 Å². The van der Waals surface area contributed by atoms with Crippen LogP contribution >= 0.6 is 12.2 Å². The lowest BCUT2D eigenvalue weighted by atomic mass is 10.1. The third-order valence-electron chi connectivity index (χ3n) is 5.75. The van der Waals surface area contributed by atoms with Gasteiger partial charge in [0.25, 0.3) is 0 Å². The maximum absolute atomic E-state index is 5.73. The second-order valence-electron chi connectivity index (χ2n) is 8.05. The third kappa shape index (κ3) is 6.00. The standard InChI is InChI=1S/C21H37NSSi/c1-17(2)24(18(3)4,19(5)6)16-21(23)22-15-11-10-14-20-12-8-7-9-13-20/h7-9,12-13,17-19H,10-11,14-16H2,1-6H3,(H,22,23). The first kappa shape index (κ1) is 21.4. The van der Waals surface area contributed by atoms with Crippen molar-refractivity contribution < 1.29 is 0 Å². The summed E-state index contributed by atoms with van der Waals surface area (Å²) in [5, 5.41) is 3.55. The van der Waals surface area contributed by atoms with Crippen LogP contribution in [0.1, 0.15) is 59.9 Å². The molecule has 0 bridgehead atoms. The molecule has 136 valence electrons. The van der Waals surface area contributed by atoms with Gasteiger partial charge in [0.05, 0.1) is 13.1 Å². The minimum absolute atomic E-state index is 0.773. The van der Waals surface area contributed by atoms with E-state index in [2.05, 4.69) is 77.2 Å². The summed E-state index contributed by atoms with van der Waals surface area (Å²) in [6, 6.07) is 11.9. The molecular formula is C21H37NSSi.